The molecule has 13 heteroatoms. The largest absolute Gasteiger partial charge is 0.481 e. The Morgan fingerprint density at radius 3 is 2.43 bits per heavy atom. The number of hydrogen-bond acceptors (Lipinski definition) is 8. The summed E-state index contributed by atoms with van der Waals surface area (Å²) in [5, 5.41) is 9.97. The summed E-state index contributed by atoms with van der Waals surface area (Å²) in [6.45, 7) is 3.25. The molecule has 1 saturated heterocycles. The van der Waals surface area contributed by atoms with Crippen molar-refractivity contribution in [3.05, 3.63) is 105 Å². The molecule has 5 aromatic rings. The standard InChI is InChI=1S/C38H39Cl2N7O4/c1-22(36(49)41-2)46(3)21-25-19-43-32-17-23(15-16-47(32)38(25)50)27-7-5-8-28(34(27)39)29-9-6-10-30(35(29)40)31-13-11-24(37(45-31)51-4)18-42-20-26-12-14-33(48)44-26/h5-11,13,15-17,19,22,26,42H,12,14,18,20-21H2,1-4H3,(H,41,49)(H,44,48)/t22-,26+/m0/s1. The fourth-order valence-electron chi connectivity index (χ4n) is 6.25. The van der Waals surface area contributed by atoms with Crippen LogP contribution in [0.5, 0.6) is 5.88 Å². The molecule has 1 aliphatic heterocycles. The average Bonchev–Trinajstić information content (AvgIpc) is 3.56. The van der Waals surface area contributed by atoms with Gasteiger partial charge >= 0.3 is 0 Å². The van der Waals surface area contributed by atoms with E-state index in [1.807, 2.05) is 60.7 Å². The first kappa shape index (κ1) is 36.0. The molecule has 0 saturated carbocycles. The molecule has 0 radical (unpaired) electrons. The van der Waals surface area contributed by atoms with Gasteiger partial charge in [0.25, 0.3) is 5.56 Å². The van der Waals surface area contributed by atoms with Crippen molar-refractivity contribution < 1.29 is 14.3 Å². The highest BCUT2D eigenvalue weighted by molar-refractivity contribution is 6.39. The van der Waals surface area contributed by atoms with E-state index in [1.54, 1.807) is 45.4 Å². The van der Waals surface area contributed by atoms with Gasteiger partial charge in [-0.25, -0.2) is 9.97 Å². The Morgan fingerprint density at radius 2 is 1.75 bits per heavy atom. The van der Waals surface area contributed by atoms with Crippen LogP contribution in [0.2, 0.25) is 10.0 Å². The Bertz CT molecular complexity index is 2170. The fourth-order valence-corrected chi connectivity index (χ4v) is 6.91. The maximum atomic E-state index is 13.4. The summed E-state index contributed by atoms with van der Waals surface area (Å²) in [6, 6.07) is 18.7. The van der Waals surface area contributed by atoms with Gasteiger partial charge in [-0.15, -0.1) is 0 Å². The molecule has 0 bridgehead atoms. The van der Waals surface area contributed by atoms with Gasteiger partial charge in [0.2, 0.25) is 17.7 Å². The molecule has 2 atom stereocenters. The van der Waals surface area contributed by atoms with Crippen LogP contribution in [0, 0.1) is 0 Å². The highest BCUT2D eigenvalue weighted by Crippen LogP contribution is 2.42. The molecule has 1 fully saturated rings. The van der Waals surface area contributed by atoms with E-state index >= 15 is 0 Å². The van der Waals surface area contributed by atoms with Gasteiger partial charge < -0.3 is 20.7 Å². The normalized spacial score (nSPS) is 14.9. The molecule has 4 heterocycles. The Kier molecular flexibility index (Phi) is 11.0. The second-order valence-corrected chi connectivity index (χ2v) is 13.3. The van der Waals surface area contributed by atoms with Crippen LogP contribution in [0.1, 0.15) is 30.9 Å². The quantitative estimate of drug-likeness (QED) is 0.157. The number of methoxy groups -OCH3 is 1. The summed E-state index contributed by atoms with van der Waals surface area (Å²) >= 11 is 14.2. The lowest BCUT2D eigenvalue weighted by molar-refractivity contribution is -0.125. The number of carbonyl (C=O) groups is 2. The highest BCUT2D eigenvalue weighted by Gasteiger charge is 2.22. The lowest BCUT2D eigenvalue weighted by Gasteiger charge is -2.22. The van der Waals surface area contributed by atoms with Crippen molar-refractivity contribution >= 4 is 40.7 Å². The zero-order chi connectivity index (χ0) is 36.2. The predicted molar refractivity (Wildman–Crippen MR) is 200 cm³/mol. The number of hydrogen-bond donors (Lipinski definition) is 3. The SMILES string of the molecule is CNC(=O)[C@H](C)N(C)Cc1cnc2cc(-c3cccc(-c4cccc(-c5ccc(CNC[C@H]6CCC(=O)N6)c(OC)n5)c4Cl)c3Cl)ccn2c1=O. The molecule has 3 N–H and O–H groups in total. The highest BCUT2D eigenvalue weighted by atomic mass is 35.5. The molecule has 11 nitrogen and oxygen atoms in total. The number of benzene rings is 2. The first-order valence-electron chi connectivity index (χ1n) is 16.6. The molecule has 3 aromatic heterocycles. The summed E-state index contributed by atoms with van der Waals surface area (Å²) in [7, 11) is 4.96. The first-order chi connectivity index (χ1) is 24.6. The number of nitrogens with zero attached hydrogens (tertiary/aromatic N) is 4. The van der Waals surface area contributed by atoms with E-state index in [0.29, 0.717) is 52.3 Å². The zero-order valence-electron chi connectivity index (χ0n) is 28.8. The van der Waals surface area contributed by atoms with Crippen molar-refractivity contribution in [1.29, 1.82) is 0 Å². The topological polar surface area (TPSA) is 130 Å². The number of fused-ring (bicyclic) bond motifs is 1. The molecule has 2 aromatic carbocycles. The van der Waals surface area contributed by atoms with Gasteiger partial charge in [-0.1, -0.05) is 65.7 Å². The van der Waals surface area contributed by atoms with E-state index < -0.39 is 6.04 Å². The van der Waals surface area contributed by atoms with Gasteiger partial charge in [0.15, 0.2) is 0 Å². The number of likely N-dealkylation sites (N-methyl/N-ethyl adjacent to an activating group) is 2. The molecule has 0 spiro atoms. The average molecular weight is 729 g/mol. The molecule has 1 aliphatic rings. The van der Waals surface area contributed by atoms with Crippen LogP contribution in [-0.2, 0) is 22.7 Å². The smallest absolute Gasteiger partial charge is 0.262 e. The minimum absolute atomic E-state index is 0.0897. The van der Waals surface area contributed by atoms with Crippen LogP contribution >= 0.6 is 23.2 Å². The molecular weight excluding hydrogens is 689 g/mol. The first-order valence-corrected chi connectivity index (χ1v) is 17.4. The number of carbonyl (C=O) groups excluding carboxylic acids is 2. The number of halogens is 2. The Labute approximate surface area is 306 Å². The van der Waals surface area contributed by atoms with Crippen molar-refractivity contribution in [2.24, 2.45) is 0 Å². The lowest BCUT2D eigenvalue weighted by Crippen LogP contribution is -2.42. The van der Waals surface area contributed by atoms with Crippen molar-refractivity contribution in [2.75, 3.05) is 27.7 Å². The molecule has 264 valence electrons. The Hall–Kier alpha value is -4.81. The number of aromatic nitrogens is 3. The van der Waals surface area contributed by atoms with Gasteiger partial charge in [0.1, 0.15) is 5.65 Å². The van der Waals surface area contributed by atoms with E-state index in [2.05, 4.69) is 20.9 Å². The third kappa shape index (κ3) is 7.62. The Morgan fingerprint density at radius 1 is 1.04 bits per heavy atom. The minimum atomic E-state index is -0.409. The second-order valence-electron chi connectivity index (χ2n) is 12.6. The molecule has 0 unspecified atom stereocenters. The van der Waals surface area contributed by atoms with Crippen molar-refractivity contribution in [3.8, 4) is 39.4 Å². The van der Waals surface area contributed by atoms with Gasteiger partial charge in [-0.05, 0) is 44.2 Å². The summed E-state index contributed by atoms with van der Waals surface area (Å²) in [5.74, 6) is 0.442. The number of amides is 2. The minimum Gasteiger partial charge on any atom is -0.481 e. The molecule has 51 heavy (non-hydrogen) atoms. The van der Waals surface area contributed by atoms with E-state index in [-0.39, 0.29) is 30.0 Å². The van der Waals surface area contributed by atoms with E-state index in [0.717, 1.165) is 39.8 Å². The molecular formula is C38H39Cl2N7O4. The van der Waals surface area contributed by atoms with Crippen LogP contribution in [0.4, 0.5) is 0 Å². The van der Waals surface area contributed by atoms with Gasteiger partial charge in [-0.2, -0.15) is 0 Å². The third-order valence-electron chi connectivity index (χ3n) is 9.29. The number of rotatable bonds is 12. The van der Waals surface area contributed by atoms with E-state index in [9.17, 15) is 14.4 Å². The summed E-state index contributed by atoms with van der Waals surface area (Å²) in [4.78, 5) is 48.1. The number of ether oxygens (including phenoxy) is 1. The van der Waals surface area contributed by atoms with Gasteiger partial charge in [-0.3, -0.25) is 23.7 Å². The zero-order valence-corrected chi connectivity index (χ0v) is 30.3. The maximum Gasteiger partial charge on any atom is 0.262 e. The van der Waals surface area contributed by atoms with Crippen LogP contribution in [-0.4, -0.2) is 70.9 Å². The van der Waals surface area contributed by atoms with Crippen LogP contribution in [0.15, 0.2) is 77.9 Å². The van der Waals surface area contributed by atoms with Gasteiger partial charge in [0.05, 0.1) is 34.5 Å². The van der Waals surface area contributed by atoms with Crippen LogP contribution in [0.3, 0.4) is 0 Å². The predicted octanol–water partition coefficient (Wildman–Crippen LogP) is 5.34. The lowest BCUT2D eigenvalue weighted by atomic mass is 9.97. The van der Waals surface area contributed by atoms with E-state index in [1.165, 1.54) is 4.40 Å². The van der Waals surface area contributed by atoms with Crippen LogP contribution in [0.25, 0.3) is 39.2 Å². The second kappa shape index (κ2) is 15.6. The number of pyridine rings is 2. The Balaban J connectivity index is 1.25. The maximum absolute atomic E-state index is 13.4. The van der Waals surface area contributed by atoms with Crippen molar-refractivity contribution in [3.63, 3.8) is 0 Å². The third-order valence-corrected chi connectivity index (χ3v) is 10.1. The van der Waals surface area contributed by atoms with Gasteiger partial charge in [0, 0.05) is 79.4 Å². The summed E-state index contributed by atoms with van der Waals surface area (Å²) in [5.41, 5.74) is 6.01. The van der Waals surface area contributed by atoms with Crippen LogP contribution < -0.4 is 26.2 Å². The summed E-state index contributed by atoms with van der Waals surface area (Å²) < 4.78 is 7.13. The molecule has 2 amide bonds. The monoisotopic (exact) mass is 727 g/mol. The van der Waals surface area contributed by atoms with Crippen molar-refractivity contribution in [2.45, 2.75) is 44.9 Å². The van der Waals surface area contributed by atoms with Crippen molar-refractivity contribution in [1.82, 2.24) is 35.2 Å². The number of nitrogens with one attached hydrogen (secondary N) is 3. The summed E-state index contributed by atoms with van der Waals surface area (Å²) in [6.07, 6.45) is 4.63. The molecule has 0 aliphatic carbocycles. The van der Waals surface area contributed by atoms with E-state index in [4.69, 9.17) is 32.9 Å². The molecule has 6 rings (SSSR count). The fraction of sp³-hybridized carbons (Fsp3) is 0.289.